The number of halogens is 1. The molecule has 1 aliphatic rings. The molecule has 3 atom stereocenters. The van der Waals surface area contributed by atoms with Gasteiger partial charge in [0.2, 0.25) is 5.91 Å². The molecule has 4 N–H and O–H groups in total. The number of Topliss-reactive ketones (excluding diaryl/α,β-unsaturated/α-hetero) is 2. The molecule has 1 saturated heterocycles. The number of phenols is 2. The highest BCUT2D eigenvalue weighted by atomic mass is 19.1. The van der Waals surface area contributed by atoms with E-state index in [2.05, 4.69) is 0 Å². The molecule has 0 radical (unpaired) electrons. The van der Waals surface area contributed by atoms with Crippen LogP contribution in [0.1, 0.15) is 58.0 Å². The third-order valence-corrected chi connectivity index (χ3v) is 7.80. The van der Waals surface area contributed by atoms with Crippen LogP contribution in [0.25, 0.3) is 0 Å². The molecule has 1 amide bonds. The molecule has 8 heteroatoms. The quantitative estimate of drug-likeness (QED) is 0.330. The maximum absolute atomic E-state index is 14.9. The Morgan fingerprint density at radius 2 is 1.40 bits per heavy atom. The Morgan fingerprint density at radius 3 is 1.85 bits per heavy atom. The van der Waals surface area contributed by atoms with Gasteiger partial charge in [0.15, 0.2) is 11.6 Å². The lowest BCUT2D eigenvalue weighted by Gasteiger charge is -2.46. The van der Waals surface area contributed by atoms with Crippen molar-refractivity contribution in [1.82, 2.24) is 4.90 Å². The molecule has 3 aromatic carbocycles. The van der Waals surface area contributed by atoms with E-state index in [9.17, 15) is 29.0 Å². The van der Waals surface area contributed by atoms with Gasteiger partial charge in [0.25, 0.3) is 0 Å². The minimum atomic E-state index is -0.865. The van der Waals surface area contributed by atoms with E-state index < -0.39 is 35.5 Å². The molecule has 1 fully saturated rings. The van der Waals surface area contributed by atoms with Gasteiger partial charge in [-0.3, -0.25) is 19.3 Å². The number of rotatable bonds is 9. The van der Waals surface area contributed by atoms with Crippen molar-refractivity contribution in [3.05, 3.63) is 94.8 Å². The molecule has 0 bridgehead atoms. The van der Waals surface area contributed by atoms with Crippen LogP contribution in [0.4, 0.5) is 4.39 Å². The maximum atomic E-state index is 14.9. The van der Waals surface area contributed by atoms with E-state index in [0.29, 0.717) is 17.5 Å². The molecule has 0 spiro atoms. The summed E-state index contributed by atoms with van der Waals surface area (Å²) >= 11 is 0. The number of piperidine rings is 1. The summed E-state index contributed by atoms with van der Waals surface area (Å²) in [5.74, 6) is -4.22. The van der Waals surface area contributed by atoms with Gasteiger partial charge in [-0.2, -0.15) is 0 Å². The largest absolute Gasteiger partial charge is 0.508 e. The maximum Gasteiger partial charge on any atom is 0.234 e. The standard InChI is InChI=1S/C32H35FN2O5/c1-18(2)13-28(32(34)40)35-16-25(30(38)20-7-4-9-22(36)14-20)29(24-11-6-12-27(33)19(24)3)26(17-35)31(39)21-8-5-10-23(37)15-21/h4-12,14-15,18,25-26,28-29,36-37H,13,16-17H2,1-3H3,(H2,34,40). The first-order chi connectivity index (χ1) is 19.0. The summed E-state index contributed by atoms with van der Waals surface area (Å²) < 4.78 is 14.9. The number of amides is 1. The van der Waals surface area contributed by atoms with Gasteiger partial charge in [-0.25, -0.2) is 4.39 Å². The number of aromatic hydroxyl groups is 2. The number of hydrogen-bond donors (Lipinski definition) is 3. The molecule has 1 heterocycles. The van der Waals surface area contributed by atoms with Crippen molar-refractivity contribution in [3.63, 3.8) is 0 Å². The zero-order chi connectivity index (χ0) is 29.1. The van der Waals surface area contributed by atoms with Crippen LogP contribution in [0.5, 0.6) is 11.5 Å². The van der Waals surface area contributed by atoms with Gasteiger partial charge in [-0.1, -0.05) is 50.2 Å². The fraction of sp³-hybridized carbons (Fsp3) is 0.344. The first-order valence-electron chi connectivity index (χ1n) is 13.4. The van der Waals surface area contributed by atoms with Crippen molar-refractivity contribution in [2.45, 2.75) is 39.2 Å². The van der Waals surface area contributed by atoms with Gasteiger partial charge in [0, 0.05) is 42.0 Å². The predicted octanol–water partition coefficient (Wildman–Crippen LogP) is 4.84. The molecule has 3 unspecified atom stereocenters. The lowest BCUT2D eigenvalue weighted by Crippen LogP contribution is -2.57. The van der Waals surface area contributed by atoms with E-state index >= 15 is 0 Å². The number of benzene rings is 3. The van der Waals surface area contributed by atoms with E-state index in [1.54, 1.807) is 48.2 Å². The Hall–Kier alpha value is -4.04. The molecule has 1 aliphatic heterocycles. The predicted molar refractivity (Wildman–Crippen MR) is 150 cm³/mol. The highest BCUT2D eigenvalue weighted by Crippen LogP contribution is 2.43. The Labute approximate surface area is 233 Å². The summed E-state index contributed by atoms with van der Waals surface area (Å²) in [6.07, 6.45) is 0.430. The fourth-order valence-corrected chi connectivity index (χ4v) is 5.89. The van der Waals surface area contributed by atoms with Gasteiger partial charge in [0.1, 0.15) is 17.3 Å². The number of phenolic OH excluding ortho intramolecular Hbond substituents is 2. The van der Waals surface area contributed by atoms with Gasteiger partial charge in [-0.05, 0) is 60.7 Å². The third-order valence-electron chi connectivity index (χ3n) is 7.80. The van der Waals surface area contributed by atoms with Crippen molar-refractivity contribution in [3.8, 4) is 11.5 Å². The fourth-order valence-electron chi connectivity index (χ4n) is 5.89. The van der Waals surface area contributed by atoms with Crippen LogP contribution in [0.15, 0.2) is 66.7 Å². The van der Waals surface area contributed by atoms with Gasteiger partial charge in [-0.15, -0.1) is 0 Å². The summed E-state index contributed by atoms with van der Waals surface area (Å²) in [6.45, 7) is 5.76. The number of nitrogens with two attached hydrogens (primary N) is 1. The number of likely N-dealkylation sites (tertiary alicyclic amines) is 1. The van der Waals surface area contributed by atoms with E-state index in [1.807, 2.05) is 13.8 Å². The van der Waals surface area contributed by atoms with Crippen LogP contribution in [0.3, 0.4) is 0 Å². The molecule has 210 valence electrons. The van der Waals surface area contributed by atoms with Crippen molar-refractivity contribution >= 4 is 17.5 Å². The molecule has 3 aromatic rings. The van der Waals surface area contributed by atoms with Crippen LogP contribution in [-0.2, 0) is 4.79 Å². The van der Waals surface area contributed by atoms with Crippen LogP contribution in [0.2, 0.25) is 0 Å². The molecule has 0 saturated carbocycles. The zero-order valence-corrected chi connectivity index (χ0v) is 22.9. The molecule has 7 nitrogen and oxygen atoms in total. The van der Waals surface area contributed by atoms with Gasteiger partial charge >= 0.3 is 0 Å². The summed E-state index contributed by atoms with van der Waals surface area (Å²) in [6, 6.07) is 15.8. The van der Waals surface area contributed by atoms with E-state index in [-0.39, 0.29) is 53.2 Å². The van der Waals surface area contributed by atoms with E-state index in [1.165, 1.54) is 30.3 Å². The summed E-state index contributed by atoms with van der Waals surface area (Å²) in [5.41, 5.74) is 7.19. The second-order valence-electron chi connectivity index (χ2n) is 11.0. The number of hydrogen-bond acceptors (Lipinski definition) is 6. The normalized spacial score (nSPS) is 20.3. The van der Waals surface area contributed by atoms with Crippen LogP contribution in [0, 0.1) is 30.5 Å². The van der Waals surface area contributed by atoms with Crippen molar-refractivity contribution < 1.29 is 29.0 Å². The van der Waals surface area contributed by atoms with Crippen LogP contribution in [-0.4, -0.2) is 51.7 Å². The monoisotopic (exact) mass is 546 g/mol. The van der Waals surface area contributed by atoms with Gasteiger partial charge < -0.3 is 15.9 Å². The minimum absolute atomic E-state index is 0.0841. The summed E-state index contributed by atoms with van der Waals surface area (Å²) in [7, 11) is 0. The molecule has 0 aromatic heterocycles. The first kappa shape index (κ1) is 29.0. The minimum Gasteiger partial charge on any atom is -0.508 e. The summed E-state index contributed by atoms with van der Waals surface area (Å²) in [4.78, 5) is 42.8. The van der Waals surface area contributed by atoms with Gasteiger partial charge in [0.05, 0.1) is 6.04 Å². The number of carbonyl (C=O) groups is 3. The Balaban J connectivity index is 1.92. The highest BCUT2D eigenvalue weighted by molar-refractivity contribution is 6.02. The number of nitrogens with zero attached hydrogens (tertiary/aromatic N) is 1. The molecular weight excluding hydrogens is 511 g/mol. The highest BCUT2D eigenvalue weighted by Gasteiger charge is 2.47. The second-order valence-corrected chi connectivity index (χ2v) is 11.0. The van der Waals surface area contributed by atoms with Crippen LogP contribution >= 0.6 is 0 Å². The molecular formula is C32H35FN2O5. The lowest BCUT2D eigenvalue weighted by atomic mass is 9.67. The first-order valence-corrected chi connectivity index (χ1v) is 13.4. The third kappa shape index (κ3) is 6.07. The van der Waals surface area contributed by atoms with E-state index in [0.717, 1.165) is 0 Å². The van der Waals surface area contributed by atoms with E-state index in [4.69, 9.17) is 5.73 Å². The number of primary amides is 1. The zero-order valence-electron chi connectivity index (χ0n) is 22.9. The Kier molecular flexibility index (Phi) is 8.69. The summed E-state index contributed by atoms with van der Waals surface area (Å²) in [5, 5.41) is 20.2. The molecule has 40 heavy (non-hydrogen) atoms. The van der Waals surface area contributed by atoms with Crippen molar-refractivity contribution in [2.24, 2.45) is 23.5 Å². The smallest absolute Gasteiger partial charge is 0.234 e. The Bertz CT molecular complexity index is 1350. The van der Waals surface area contributed by atoms with Crippen LogP contribution < -0.4 is 5.73 Å². The van der Waals surface area contributed by atoms with Crippen molar-refractivity contribution in [2.75, 3.05) is 13.1 Å². The Morgan fingerprint density at radius 1 is 0.900 bits per heavy atom. The molecule has 0 aliphatic carbocycles. The average molecular weight is 547 g/mol. The SMILES string of the molecule is Cc1c(F)cccc1C1C(C(=O)c2cccc(O)c2)CN(C(CC(C)C)C(N)=O)CC1C(=O)c1cccc(O)c1. The second kappa shape index (κ2) is 12.0. The average Bonchev–Trinajstić information content (AvgIpc) is 2.91. The number of ketones is 2. The number of carbonyl (C=O) groups excluding carboxylic acids is 3. The molecule has 4 rings (SSSR count). The van der Waals surface area contributed by atoms with Crippen molar-refractivity contribution in [1.29, 1.82) is 0 Å². The topological polar surface area (TPSA) is 121 Å². The lowest BCUT2D eigenvalue weighted by molar-refractivity contribution is -0.125.